The van der Waals surface area contributed by atoms with Crippen LogP contribution < -0.4 is 5.73 Å². The van der Waals surface area contributed by atoms with Gasteiger partial charge in [-0.05, 0) is 13.0 Å². The second-order valence-corrected chi connectivity index (χ2v) is 5.10. The fourth-order valence-corrected chi connectivity index (χ4v) is 2.64. The van der Waals surface area contributed by atoms with Crippen LogP contribution in [0.25, 0.3) is 33.2 Å². The van der Waals surface area contributed by atoms with E-state index in [0.29, 0.717) is 21.9 Å². The first-order valence-corrected chi connectivity index (χ1v) is 6.76. The Morgan fingerprint density at radius 3 is 2.78 bits per heavy atom. The molecule has 0 aliphatic heterocycles. The minimum Gasteiger partial charge on any atom is -0.460 e. The minimum atomic E-state index is -0.596. The number of Topliss-reactive ketones (excluding diaryl/α,β-unsaturated/α-hetero) is 1. The number of halogens is 1. The summed E-state index contributed by atoms with van der Waals surface area (Å²) >= 11 is 0. The van der Waals surface area contributed by atoms with Crippen LogP contribution in [0.1, 0.15) is 17.3 Å². The van der Waals surface area contributed by atoms with Gasteiger partial charge in [-0.25, -0.2) is 14.4 Å². The summed E-state index contributed by atoms with van der Waals surface area (Å²) in [5, 5.41) is 0.861. The zero-order valence-electron chi connectivity index (χ0n) is 12.0. The molecule has 0 radical (unpaired) electrons. The molecule has 0 bridgehead atoms. The average molecular weight is 311 g/mol. The molecule has 1 aromatic carbocycles. The third-order valence-corrected chi connectivity index (χ3v) is 3.75. The summed E-state index contributed by atoms with van der Waals surface area (Å²) in [6.45, 7) is 1.40. The molecule has 6 nitrogen and oxygen atoms in total. The summed E-state index contributed by atoms with van der Waals surface area (Å²) < 4.78 is 25.4. The molecule has 0 unspecified atom stereocenters. The van der Waals surface area contributed by atoms with Crippen LogP contribution in [0.3, 0.4) is 0 Å². The number of fused-ring (bicyclic) bond motifs is 2. The Bertz CT molecular complexity index is 1080. The van der Waals surface area contributed by atoms with Crippen molar-refractivity contribution in [2.75, 3.05) is 5.73 Å². The van der Waals surface area contributed by atoms with Crippen molar-refractivity contribution in [3.05, 3.63) is 42.4 Å². The van der Waals surface area contributed by atoms with Crippen LogP contribution in [0, 0.1) is 5.82 Å². The zero-order valence-corrected chi connectivity index (χ0v) is 12.0. The molecule has 114 valence electrons. The highest BCUT2D eigenvalue weighted by atomic mass is 19.1. The molecule has 0 fully saturated rings. The van der Waals surface area contributed by atoms with Gasteiger partial charge in [0.2, 0.25) is 5.71 Å². The van der Waals surface area contributed by atoms with E-state index in [9.17, 15) is 9.18 Å². The second kappa shape index (κ2) is 4.64. The van der Waals surface area contributed by atoms with Crippen LogP contribution in [-0.2, 0) is 0 Å². The molecule has 3 aromatic heterocycles. The SMILES string of the molecule is CC(=O)c1coc2c(F)c(-c3coc4ncnc(N)c34)ccc12. The van der Waals surface area contributed by atoms with Gasteiger partial charge in [0.15, 0.2) is 17.2 Å². The maximum absolute atomic E-state index is 14.8. The smallest absolute Gasteiger partial charge is 0.231 e. The lowest BCUT2D eigenvalue weighted by Gasteiger charge is -2.03. The molecule has 0 saturated carbocycles. The number of nitrogens with two attached hydrogens (primary N) is 1. The highest BCUT2D eigenvalue weighted by Crippen LogP contribution is 2.37. The Kier molecular flexibility index (Phi) is 2.71. The molecule has 3 heterocycles. The van der Waals surface area contributed by atoms with Gasteiger partial charge in [0.1, 0.15) is 24.7 Å². The van der Waals surface area contributed by atoms with Crippen molar-refractivity contribution in [3.63, 3.8) is 0 Å². The van der Waals surface area contributed by atoms with Crippen LogP contribution >= 0.6 is 0 Å². The number of aromatic nitrogens is 2. The molecule has 0 spiro atoms. The monoisotopic (exact) mass is 311 g/mol. The number of nitrogen functional groups attached to an aromatic ring is 1. The number of rotatable bonds is 2. The molecule has 2 N–H and O–H groups in total. The fourth-order valence-electron chi connectivity index (χ4n) is 2.64. The molecule has 0 saturated heterocycles. The number of ketones is 1. The first-order valence-electron chi connectivity index (χ1n) is 6.76. The van der Waals surface area contributed by atoms with Gasteiger partial charge in [0, 0.05) is 16.5 Å². The molecular formula is C16H10FN3O3. The van der Waals surface area contributed by atoms with Gasteiger partial charge >= 0.3 is 0 Å². The number of carbonyl (C=O) groups is 1. The summed E-state index contributed by atoms with van der Waals surface area (Å²) in [4.78, 5) is 19.4. The molecule has 23 heavy (non-hydrogen) atoms. The Balaban J connectivity index is 2.02. The van der Waals surface area contributed by atoms with E-state index in [1.165, 1.54) is 25.8 Å². The minimum absolute atomic E-state index is 0.0115. The van der Waals surface area contributed by atoms with Gasteiger partial charge < -0.3 is 14.6 Å². The largest absolute Gasteiger partial charge is 0.460 e. The molecular weight excluding hydrogens is 301 g/mol. The van der Waals surface area contributed by atoms with Gasteiger partial charge in [-0.1, -0.05) is 6.07 Å². The van der Waals surface area contributed by atoms with E-state index in [2.05, 4.69) is 9.97 Å². The predicted molar refractivity (Wildman–Crippen MR) is 81.4 cm³/mol. The standard InChI is InChI=1S/C16H10FN3O3/c1-7(21)10-4-22-14-9(10)3-2-8(13(14)17)11-5-23-16-12(11)15(18)19-6-20-16/h2-6H,1H3,(H2,18,19,20). The van der Waals surface area contributed by atoms with Gasteiger partial charge in [0.25, 0.3) is 0 Å². The Morgan fingerprint density at radius 2 is 2.00 bits per heavy atom. The van der Waals surface area contributed by atoms with Crippen molar-refractivity contribution in [3.8, 4) is 11.1 Å². The molecule has 0 amide bonds. The van der Waals surface area contributed by atoms with Crippen LogP contribution in [0.15, 0.2) is 39.8 Å². The highest BCUT2D eigenvalue weighted by Gasteiger charge is 2.21. The van der Waals surface area contributed by atoms with Crippen molar-refractivity contribution in [2.45, 2.75) is 6.92 Å². The van der Waals surface area contributed by atoms with E-state index in [4.69, 9.17) is 14.6 Å². The number of hydrogen-bond acceptors (Lipinski definition) is 6. The topological polar surface area (TPSA) is 95.1 Å². The highest BCUT2D eigenvalue weighted by molar-refractivity contribution is 6.07. The van der Waals surface area contributed by atoms with E-state index < -0.39 is 5.82 Å². The number of hydrogen-bond donors (Lipinski definition) is 1. The summed E-state index contributed by atoms with van der Waals surface area (Å²) in [5.41, 5.74) is 7.13. The van der Waals surface area contributed by atoms with Crippen molar-refractivity contribution in [1.29, 1.82) is 0 Å². The number of carbonyl (C=O) groups excluding carboxylic acids is 1. The lowest BCUT2D eigenvalue weighted by Crippen LogP contribution is -1.93. The Morgan fingerprint density at radius 1 is 1.17 bits per heavy atom. The predicted octanol–water partition coefficient (Wildman–Crippen LogP) is 3.56. The third kappa shape index (κ3) is 1.83. The first kappa shape index (κ1) is 13.4. The van der Waals surface area contributed by atoms with E-state index in [1.54, 1.807) is 12.1 Å². The van der Waals surface area contributed by atoms with Gasteiger partial charge in [-0.3, -0.25) is 4.79 Å². The Hall–Kier alpha value is -3.22. The van der Waals surface area contributed by atoms with E-state index in [0.717, 1.165) is 0 Å². The van der Waals surface area contributed by atoms with E-state index >= 15 is 0 Å². The molecule has 4 aromatic rings. The van der Waals surface area contributed by atoms with Gasteiger partial charge in [-0.15, -0.1) is 0 Å². The number of nitrogens with zero attached hydrogens (tertiary/aromatic N) is 2. The first-order chi connectivity index (χ1) is 11.1. The second-order valence-electron chi connectivity index (χ2n) is 5.10. The maximum Gasteiger partial charge on any atom is 0.231 e. The Labute approximate surface area is 128 Å². The van der Waals surface area contributed by atoms with Crippen molar-refractivity contribution >= 4 is 33.7 Å². The normalized spacial score (nSPS) is 11.4. The number of anilines is 1. The molecule has 4 rings (SSSR count). The fraction of sp³-hybridized carbons (Fsp3) is 0.0625. The van der Waals surface area contributed by atoms with Crippen LogP contribution in [0.4, 0.5) is 10.2 Å². The van der Waals surface area contributed by atoms with Crippen LogP contribution in [-0.4, -0.2) is 15.8 Å². The summed E-state index contributed by atoms with van der Waals surface area (Å²) in [5.74, 6) is -0.592. The summed E-state index contributed by atoms with van der Waals surface area (Å²) in [6, 6.07) is 3.18. The van der Waals surface area contributed by atoms with E-state index in [1.807, 2.05) is 0 Å². The van der Waals surface area contributed by atoms with Crippen LogP contribution in [0.2, 0.25) is 0 Å². The van der Waals surface area contributed by atoms with Crippen molar-refractivity contribution in [1.82, 2.24) is 9.97 Å². The molecule has 0 aliphatic carbocycles. The maximum atomic E-state index is 14.8. The van der Waals surface area contributed by atoms with Crippen LogP contribution in [0.5, 0.6) is 0 Å². The van der Waals surface area contributed by atoms with E-state index in [-0.39, 0.29) is 28.5 Å². The summed E-state index contributed by atoms with van der Waals surface area (Å²) in [7, 11) is 0. The molecule has 0 aliphatic rings. The zero-order chi connectivity index (χ0) is 16.1. The molecule has 7 heteroatoms. The molecule has 0 atom stereocenters. The third-order valence-electron chi connectivity index (χ3n) is 3.75. The van der Waals surface area contributed by atoms with Crippen molar-refractivity contribution in [2.24, 2.45) is 0 Å². The van der Waals surface area contributed by atoms with Gasteiger partial charge in [0.05, 0.1) is 10.9 Å². The lowest BCUT2D eigenvalue weighted by molar-refractivity contribution is 0.101. The lowest BCUT2D eigenvalue weighted by atomic mass is 10.0. The number of benzene rings is 1. The van der Waals surface area contributed by atoms with Crippen molar-refractivity contribution < 1.29 is 18.0 Å². The summed E-state index contributed by atoms with van der Waals surface area (Å²) in [6.07, 6.45) is 3.90. The van der Waals surface area contributed by atoms with Gasteiger partial charge in [-0.2, -0.15) is 0 Å². The average Bonchev–Trinajstić information content (AvgIpc) is 3.12. The quantitative estimate of drug-likeness (QED) is 0.569. The number of furan rings is 2.